The Morgan fingerprint density at radius 2 is 1.78 bits per heavy atom. The third-order valence-electron chi connectivity index (χ3n) is 2.86. The van der Waals surface area contributed by atoms with Gasteiger partial charge in [0.15, 0.2) is 0 Å². The van der Waals surface area contributed by atoms with Crippen molar-refractivity contribution in [2.24, 2.45) is 0 Å². The largest absolute Gasteiger partial charge is 1.00 e. The predicted octanol–water partition coefficient (Wildman–Crippen LogP) is -3.37. The molecule has 0 bridgehead atoms. The number of pyridine rings is 1. The number of carbonyl (C=O) groups is 2. The molecule has 0 saturated carbocycles. The normalized spacial score (nSPS) is 9.61. The van der Waals surface area contributed by atoms with Gasteiger partial charge in [0.2, 0.25) is 0 Å². The molecule has 0 saturated heterocycles. The van der Waals surface area contributed by atoms with Crippen LogP contribution in [0.25, 0.3) is 0 Å². The standard InChI is InChI=1S/C15H13NO6.Li/c1-21-15(20)11-7-8-12(14(18)19)16(13(11)17)22-9-10-5-3-2-4-6-10;/h2-8H,9H2,1H3,(H,18,19);/q;+1/p-1. The summed E-state index contributed by atoms with van der Waals surface area (Å²) in [5.74, 6) is -2.48. The number of esters is 1. The summed E-state index contributed by atoms with van der Waals surface area (Å²) in [6, 6.07) is 10.9. The molecular formula is C15H12LiNO6. The van der Waals surface area contributed by atoms with Gasteiger partial charge in [0.25, 0.3) is 5.56 Å². The van der Waals surface area contributed by atoms with Crippen LogP contribution in [-0.2, 0) is 11.3 Å². The molecule has 114 valence electrons. The van der Waals surface area contributed by atoms with Gasteiger partial charge in [0.05, 0.1) is 13.1 Å². The summed E-state index contributed by atoms with van der Waals surface area (Å²) in [5.41, 5.74) is -1.03. The number of hydrogen-bond donors (Lipinski definition) is 0. The number of aromatic nitrogens is 1. The van der Waals surface area contributed by atoms with Crippen LogP contribution < -0.4 is 34.4 Å². The molecule has 0 aliphatic carbocycles. The van der Waals surface area contributed by atoms with Gasteiger partial charge in [-0.3, -0.25) is 4.79 Å². The molecular weight excluding hydrogens is 297 g/mol. The van der Waals surface area contributed by atoms with E-state index in [1.807, 2.05) is 0 Å². The Hall–Kier alpha value is -2.49. The van der Waals surface area contributed by atoms with Crippen LogP contribution in [0, 0.1) is 0 Å². The first-order valence-electron chi connectivity index (χ1n) is 6.27. The summed E-state index contributed by atoms with van der Waals surface area (Å²) in [4.78, 5) is 39.9. The number of carboxylic acids is 1. The van der Waals surface area contributed by atoms with Crippen LogP contribution in [0.4, 0.5) is 0 Å². The van der Waals surface area contributed by atoms with Crippen LogP contribution in [-0.4, -0.2) is 23.8 Å². The fraction of sp³-hybridized carbons (Fsp3) is 0.133. The van der Waals surface area contributed by atoms with Crippen molar-refractivity contribution in [3.63, 3.8) is 0 Å². The number of benzene rings is 1. The molecule has 23 heavy (non-hydrogen) atoms. The second-order valence-corrected chi connectivity index (χ2v) is 4.27. The van der Waals surface area contributed by atoms with Crippen molar-refractivity contribution in [2.75, 3.05) is 7.11 Å². The third kappa shape index (κ3) is 4.25. The van der Waals surface area contributed by atoms with Crippen LogP contribution in [0.15, 0.2) is 47.3 Å². The molecule has 0 atom stereocenters. The predicted molar refractivity (Wildman–Crippen MR) is 73.1 cm³/mol. The number of carbonyl (C=O) groups excluding carboxylic acids is 2. The second kappa shape index (κ2) is 8.22. The van der Waals surface area contributed by atoms with Crippen molar-refractivity contribution < 1.29 is 43.1 Å². The molecule has 0 radical (unpaired) electrons. The fourth-order valence-corrected chi connectivity index (χ4v) is 1.78. The maximum atomic E-state index is 12.2. The van der Waals surface area contributed by atoms with Gasteiger partial charge in [-0.25, -0.2) is 4.79 Å². The quantitative estimate of drug-likeness (QED) is 0.422. The van der Waals surface area contributed by atoms with Crippen molar-refractivity contribution in [1.29, 1.82) is 0 Å². The zero-order valence-electron chi connectivity index (χ0n) is 12.6. The summed E-state index contributed by atoms with van der Waals surface area (Å²) in [6.45, 7) is -0.0499. The summed E-state index contributed by atoms with van der Waals surface area (Å²) in [6.07, 6.45) is 0. The Morgan fingerprint density at radius 3 is 2.35 bits per heavy atom. The molecule has 1 aromatic carbocycles. The van der Waals surface area contributed by atoms with E-state index in [0.29, 0.717) is 4.73 Å². The molecule has 0 N–H and O–H groups in total. The van der Waals surface area contributed by atoms with Gasteiger partial charge in [0.1, 0.15) is 17.9 Å². The van der Waals surface area contributed by atoms with E-state index in [2.05, 4.69) is 4.74 Å². The van der Waals surface area contributed by atoms with Gasteiger partial charge in [0, 0.05) is 0 Å². The minimum absolute atomic E-state index is 0. The first-order valence-corrected chi connectivity index (χ1v) is 6.27. The summed E-state index contributed by atoms with van der Waals surface area (Å²) < 4.78 is 4.99. The topological polar surface area (TPSA) is 97.7 Å². The number of carboxylic acid groups (broad SMARTS) is 1. The van der Waals surface area contributed by atoms with Gasteiger partial charge in [-0.1, -0.05) is 30.3 Å². The maximum Gasteiger partial charge on any atom is 1.00 e. The third-order valence-corrected chi connectivity index (χ3v) is 2.86. The molecule has 0 spiro atoms. The summed E-state index contributed by atoms with van der Waals surface area (Å²) in [7, 11) is 1.11. The van der Waals surface area contributed by atoms with Crippen LogP contribution in [0.5, 0.6) is 0 Å². The monoisotopic (exact) mass is 309 g/mol. The molecule has 0 amide bonds. The van der Waals surface area contributed by atoms with E-state index >= 15 is 0 Å². The number of methoxy groups -OCH3 is 1. The van der Waals surface area contributed by atoms with Crippen molar-refractivity contribution in [1.82, 2.24) is 4.73 Å². The minimum atomic E-state index is -1.60. The van der Waals surface area contributed by atoms with Gasteiger partial charge >= 0.3 is 24.8 Å². The first-order chi connectivity index (χ1) is 10.5. The molecule has 1 heterocycles. The van der Waals surface area contributed by atoms with Crippen LogP contribution in [0.3, 0.4) is 0 Å². The summed E-state index contributed by atoms with van der Waals surface area (Å²) in [5, 5.41) is 11.1. The fourth-order valence-electron chi connectivity index (χ4n) is 1.78. The molecule has 0 aliphatic heterocycles. The van der Waals surface area contributed by atoms with Crippen LogP contribution >= 0.6 is 0 Å². The zero-order chi connectivity index (χ0) is 16.1. The Morgan fingerprint density at radius 1 is 1.13 bits per heavy atom. The van der Waals surface area contributed by atoms with E-state index < -0.39 is 23.2 Å². The minimum Gasteiger partial charge on any atom is -0.543 e. The van der Waals surface area contributed by atoms with Gasteiger partial charge in [-0.05, 0) is 17.7 Å². The zero-order valence-corrected chi connectivity index (χ0v) is 12.6. The van der Waals surface area contributed by atoms with Gasteiger partial charge < -0.3 is 19.5 Å². The van der Waals surface area contributed by atoms with E-state index in [-0.39, 0.29) is 31.0 Å². The molecule has 8 heteroatoms. The van der Waals surface area contributed by atoms with Crippen molar-refractivity contribution in [2.45, 2.75) is 6.61 Å². The first kappa shape index (κ1) is 18.6. The van der Waals surface area contributed by atoms with Crippen LogP contribution in [0.1, 0.15) is 26.4 Å². The van der Waals surface area contributed by atoms with Crippen molar-refractivity contribution >= 4 is 11.9 Å². The van der Waals surface area contributed by atoms with E-state index in [1.54, 1.807) is 30.3 Å². The van der Waals surface area contributed by atoms with Gasteiger partial charge in [-0.2, -0.15) is 0 Å². The van der Waals surface area contributed by atoms with Gasteiger partial charge in [-0.15, -0.1) is 4.73 Å². The average Bonchev–Trinajstić information content (AvgIpc) is 2.53. The van der Waals surface area contributed by atoms with E-state index in [0.717, 1.165) is 24.8 Å². The Bertz CT molecular complexity index is 756. The number of aromatic carboxylic acids is 1. The SMILES string of the molecule is COC(=O)c1ccc(C(=O)[O-])n(OCc2ccccc2)c1=O.[Li+]. The molecule has 0 unspecified atom stereocenters. The van der Waals surface area contributed by atoms with Crippen molar-refractivity contribution in [3.05, 3.63) is 69.6 Å². The summed E-state index contributed by atoms with van der Waals surface area (Å²) >= 11 is 0. The van der Waals surface area contributed by atoms with Crippen LogP contribution in [0.2, 0.25) is 0 Å². The number of nitrogens with zero attached hydrogens (tertiary/aromatic N) is 1. The molecule has 7 nitrogen and oxygen atoms in total. The Balaban J connectivity index is 0.00000264. The molecule has 0 fully saturated rings. The molecule has 1 aromatic heterocycles. The number of ether oxygens (including phenoxy) is 1. The molecule has 2 aromatic rings. The maximum absolute atomic E-state index is 12.2. The number of rotatable bonds is 5. The molecule has 2 rings (SSSR count). The smallest absolute Gasteiger partial charge is 0.543 e. The Labute approximate surface area is 143 Å². The molecule has 0 aliphatic rings. The Kier molecular flexibility index (Phi) is 6.63. The van der Waals surface area contributed by atoms with Crippen molar-refractivity contribution in [3.8, 4) is 0 Å². The van der Waals surface area contributed by atoms with E-state index in [4.69, 9.17) is 4.84 Å². The van der Waals surface area contributed by atoms with E-state index in [9.17, 15) is 19.5 Å². The second-order valence-electron chi connectivity index (χ2n) is 4.27. The average molecular weight is 309 g/mol. The number of hydrogen-bond acceptors (Lipinski definition) is 6. The van der Waals surface area contributed by atoms with E-state index in [1.165, 1.54) is 0 Å².